The fourth-order valence-corrected chi connectivity index (χ4v) is 7.39. The van der Waals surface area contributed by atoms with E-state index >= 15 is 0 Å². The summed E-state index contributed by atoms with van der Waals surface area (Å²) in [4.78, 5) is 0. The summed E-state index contributed by atoms with van der Waals surface area (Å²) in [6.07, 6.45) is 44.8. The summed E-state index contributed by atoms with van der Waals surface area (Å²) >= 11 is 5.46. The van der Waals surface area contributed by atoms with Gasteiger partial charge in [0.2, 0.25) is 0 Å². The van der Waals surface area contributed by atoms with Crippen molar-refractivity contribution in [3.8, 4) is 0 Å². The Morgan fingerprint density at radius 3 is 2.60 bits per heavy atom. The van der Waals surface area contributed by atoms with E-state index in [2.05, 4.69) is 170 Å². The zero-order valence-electron chi connectivity index (χ0n) is 31.8. The van der Waals surface area contributed by atoms with Crippen LogP contribution in [0.5, 0.6) is 0 Å². The molecule has 1 aromatic carbocycles. The molecular formula is C48H63NS. The minimum atomic E-state index is -0.211. The molecule has 1 nitrogen and oxygen atoms in total. The molecule has 0 radical (unpaired) electrons. The van der Waals surface area contributed by atoms with Crippen LogP contribution in [0.1, 0.15) is 116 Å². The fraction of sp³-hybridized carbons (Fsp3) is 0.375. The van der Waals surface area contributed by atoms with Gasteiger partial charge in [0.05, 0.1) is 0 Å². The van der Waals surface area contributed by atoms with E-state index in [1.54, 1.807) is 0 Å². The van der Waals surface area contributed by atoms with E-state index in [-0.39, 0.29) is 10.7 Å². The second-order valence-electron chi connectivity index (χ2n) is 13.7. The van der Waals surface area contributed by atoms with Crippen LogP contribution in [-0.4, -0.2) is 5.25 Å². The highest BCUT2D eigenvalue weighted by Gasteiger charge is 2.38. The number of allylic oxidation sites excluding steroid dienone is 21. The van der Waals surface area contributed by atoms with E-state index in [4.69, 9.17) is 18.4 Å². The molecule has 3 rings (SSSR count). The number of unbranched alkanes of at least 4 members (excludes halogenated alkanes) is 1. The molecule has 1 aromatic rings. The van der Waals surface area contributed by atoms with E-state index in [0.29, 0.717) is 5.92 Å². The Balaban J connectivity index is 2.31. The quantitative estimate of drug-likeness (QED) is 0.114. The van der Waals surface area contributed by atoms with Gasteiger partial charge in [-0.05, 0) is 135 Å². The lowest BCUT2D eigenvalue weighted by Gasteiger charge is -2.40. The summed E-state index contributed by atoms with van der Waals surface area (Å²) < 4.78 is 0. The molecule has 2 aliphatic rings. The highest BCUT2D eigenvalue weighted by Crippen LogP contribution is 2.44. The Morgan fingerprint density at radius 1 is 1.08 bits per heavy atom. The standard InChI is InChI=1S/C48H63NS/c1-8-12-14-15-24-38(6)43-28-21-31-47(50)48(34-20-13-9-2,45-29-18-17-27-44(45)37(5)11-4)35-22-26-42(36-39(43)7)40(23-10-3)32-33-41-25-16-19-30-46(41)49/h9-10,13-15,17-19,21-24,26-32,36-37,47,50H,7-8,11-12,16,20,25,33-35,49H2,1-6H3/b13-9-,15-14-,23-10-,26-22-,31-21-,38-24+,40-32+,42-36+,43-28-. The summed E-state index contributed by atoms with van der Waals surface area (Å²) in [6.45, 7) is 17.9. The summed E-state index contributed by atoms with van der Waals surface area (Å²) in [5.74, 6) is 0.457. The first-order chi connectivity index (χ1) is 24.2. The van der Waals surface area contributed by atoms with Crippen LogP contribution in [0.3, 0.4) is 0 Å². The molecule has 266 valence electrons. The third kappa shape index (κ3) is 11.4. The normalized spacial score (nSPS) is 25.3. The highest BCUT2D eigenvalue weighted by atomic mass is 32.1. The van der Waals surface area contributed by atoms with Gasteiger partial charge in [-0.2, -0.15) is 12.6 Å². The molecule has 0 heterocycles. The smallest absolute Gasteiger partial charge is 0.0305 e. The van der Waals surface area contributed by atoms with Crippen molar-refractivity contribution in [2.75, 3.05) is 0 Å². The predicted octanol–water partition coefficient (Wildman–Crippen LogP) is 13.8. The summed E-state index contributed by atoms with van der Waals surface area (Å²) in [5.41, 5.74) is 16.9. The number of nitrogens with two attached hydrogens (primary N) is 1. The van der Waals surface area contributed by atoms with Gasteiger partial charge < -0.3 is 5.73 Å². The van der Waals surface area contributed by atoms with E-state index in [0.717, 1.165) is 80.2 Å². The molecule has 2 aliphatic carbocycles. The third-order valence-corrected chi connectivity index (χ3v) is 10.8. The lowest BCUT2D eigenvalue weighted by Crippen LogP contribution is -2.36. The first kappa shape index (κ1) is 40.7. The number of hydrogen-bond acceptors (Lipinski definition) is 2. The fourth-order valence-electron chi connectivity index (χ4n) is 6.91. The topological polar surface area (TPSA) is 26.0 Å². The molecule has 0 amide bonds. The molecule has 2 N–H and O–H groups in total. The molecule has 3 unspecified atom stereocenters. The van der Waals surface area contributed by atoms with Gasteiger partial charge in [-0.15, -0.1) is 0 Å². The number of thiol groups is 1. The van der Waals surface area contributed by atoms with Crippen molar-refractivity contribution in [3.05, 3.63) is 178 Å². The molecule has 0 bridgehead atoms. The van der Waals surface area contributed by atoms with E-state index in [9.17, 15) is 0 Å². The van der Waals surface area contributed by atoms with Gasteiger partial charge in [0.1, 0.15) is 0 Å². The van der Waals surface area contributed by atoms with E-state index in [1.807, 2.05) is 0 Å². The zero-order chi connectivity index (χ0) is 36.4. The Hall–Kier alpha value is -3.75. The molecule has 2 heteroatoms. The van der Waals surface area contributed by atoms with Gasteiger partial charge in [0.25, 0.3) is 0 Å². The average Bonchev–Trinajstić information content (AvgIpc) is 3.12. The van der Waals surface area contributed by atoms with Gasteiger partial charge >= 0.3 is 0 Å². The summed E-state index contributed by atoms with van der Waals surface area (Å²) in [5, 5.41) is -0.00575. The second-order valence-corrected chi connectivity index (χ2v) is 14.3. The zero-order valence-corrected chi connectivity index (χ0v) is 32.7. The molecule has 0 aliphatic heterocycles. The van der Waals surface area contributed by atoms with E-state index in [1.165, 1.54) is 27.8 Å². The maximum atomic E-state index is 6.42. The first-order valence-corrected chi connectivity index (χ1v) is 19.4. The van der Waals surface area contributed by atoms with Crippen LogP contribution in [0.25, 0.3) is 0 Å². The Kier molecular flexibility index (Phi) is 17.5. The molecule has 0 saturated carbocycles. The Labute approximate surface area is 311 Å². The van der Waals surface area contributed by atoms with Gasteiger partial charge in [-0.1, -0.05) is 143 Å². The van der Waals surface area contributed by atoms with Crippen molar-refractivity contribution in [1.82, 2.24) is 0 Å². The predicted molar refractivity (Wildman–Crippen MR) is 227 cm³/mol. The molecular weight excluding hydrogens is 623 g/mol. The van der Waals surface area contributed by atoms with Crippen molar-refractivity contribution in [2.24, 2.45) is 5.73 Å². The summed E-state index contributed by atoms with van der Waals surface area (Å²) in [6, 6.07) is 9.12. The van der Waals surface area contributed by atoms with Crippen LogP contribution in [0.4, 0.5) is 0 Å². The maximum Gasteiger partial charge on any atom is 0.0305 e. The second kappa shape index (κ2) is 21.5. The number of hydrogen-bond donors (Lipinski definition) is 2. The number of benzene rings is 1. The van der Waals surface area contributed by atoms with Gasteiger partial charge in [0, 0.05) is 16.4 Å². The number of rotatable bonds is 14. The monoisotopic (exact) mass is 685 g/mol. The Morgan fingerprint density at radius 2 is 1.88 bits per heavy atom. The highest BCUT2D eigenvalue weighted by molar-refractivity contribution is 7.81. The largest absolute Gasteiger partial charge is 0.399 e. The van der Waals surface area contributed by atoms with Crippen LogP contribution < -0.4 is 5.73 Å². The molecule has 50 heavy (non-hydrogen) atoms. The molecule has 0 saturated heterocycles. The molecule has 3 atom stereocenters. The molecule has 0 spiro atoms. The van der Waals surface area contributed by atoms with Crippen molar-refractivity contribution in [2.45, 2.75) is 116 Å². The van der Waals surface area contributed by atoms with Crippen molar-refractivity contribution in [3.63, 3.8) is 0 Å². The van der Waals surface area contributed by atoms with Crippen LogP contribution in [0, 0.1) is 0 Å². The van der Waals surface area contributed by atoms with Gasteiger partial charge in [0.15, 0.2) is 0 Å². The van der Waals surface area contributed by atoms with Crippen molar-refractivity contribution >= 4 is 12.6 Å². The Bertz CT molecular complexity index is 1620. The van der Waals surface area contributed by atoms with Crippen LogP contribution in [0.2, 0.25) is 0 Å². The molecule has 0 aromatic heterocycles. The lowest BCUT2D eigenvalue weighted by atomic mass is 9.68. The average molecular weight is 686 g/mol. The maximum absolute atomic E-state index is 6.42. The molecule has 0 fully saturated rings. The minimum absolute atomic E-state index is 0.00575. The SMILES string of the molecule is C=C1/C=C(C(/C=C\C)=C/CC2=C(N)C=CCC2)\C=C/CC(CC/C=C\C)(c2ccccc2C(C)CC)C(S)\C=C/C=C1/C(C)=C/C=C\CCC. The van der Waals surface area contributed by atoms with Crippen LogP contribution in [0.15, 0.2) is 167 Å². The van der Waals surface area contributed by atoms with Crippen molar-refractivity contribution in [1.29, 1.82) is 0 Å². The van der Waals surface area contributed by atoms with Crippen LogP contribution in [-0.2, 0) is 5.41 Å². The minimum Gasteiger partial charge on any atom is -0.399 e. The third-order valence-electron chi connectivity index (χ3n) is 10.1. The van der Waals surface area contributed by atoms with Gasteiger partial charge in [-0.3, -0.25) is 0 Å². The van der Waals surface area contributed by atoms with Crippen LogP contribution >= 0.6 is 12.6 Å². The summed E-state index contributed by atoms with van der Waals surface area (Å²) in [7, 11) is 0. The van der Waals surface area contributed by atoms with E-state index < -0.39 is 0 Å². The lowest BCUT2D eigenvalue weighted by molar-refractivity contribution is 0.409. The van der Waals surface area contributed by atoms with Crippen molar-refractivity contribution < 1.29 is 0 Å². The first-order valence-electron chi connectivity index (χ1n) is 18.9. The van der Waals surface area contributed by atoms with Gasteiger partial charge in [-0.25, -0.2) is 0 Å².